The molecule has 2 unspecified atom stereocenters. The lowest BCUT2D eigenvalue weighted by molar-refractivity contribution is -0.121. The lowest BCUT2D eigenvalue weighted by Crippen LogP contribution is -2.49. The van der Waals surface area contributed by atoms with Gasteiger partial charge in [-0.25, -0.2) is 18.4 Å². The molecule has 0 fully saturated rings. The van der Waals surface area contributed by atoms with E-state index in [1.165, 1.54) is 17.0 Å². The van der Waals surface area contributed by atoms with Crippen molar-refractivity contribution in [3.63, 3.8) is 0 Å². The summed E-state index contributed by atoms with van der Waals surface area (Å²) < 4.78 is 37.7. The number of ether oxygens (including phenoxy) is 2. The van der Waals surface area contributed by atoms with Crippen LogP contribution in [0.1, 0.15) is 85.9 Å². The molecule has 2 atom stereocenters. The molecule has 0 aliphatic carbocycles. The Bertz CT molecular complexity index is 1660. The second-order valence-corrected chi connectivity index (χ2v) is 14.0. The minimum absolute atomic E-state index is 0. The van der Waals surface area contributed by atoms with Crippen LogP contribution in [0.3, 0.4) is 0 Å². The Morgan fingerprint density at radius 3 is 1.84 bits per heavy atom. The molecule has 0 spiro atoms. The predicted molar refractivity (Wildman–Crippen MR) is 195 cm³/mol. The standard InChI is InChI=1S/C22H24F2N2O3.C15H20N2O3.2CH4/c1-22(2,3)29-21(28)25-18-9-8-15-6-4-5-7-19(15)26(20(18)27)13-14-10-16(23)12-17(24)11-14;1-15(2,3)20-14(19)17-12-9-8-10-6-4-5-7-11(10)16-13(12)18;;/h4-7,10-12,18H,8-9,13H2,1-3H3,(H,25,28);4-7,12H,8-9H2,1-3H3,(H,16,18)(H,17,19);2*1H4. The van der Waals surface area contributed by atoms with Gasteiger partial charge in [-0.15, -0.1) is 0 Å². The van der Waals surface area contributed by atoms with Gasteiger partial charge in [-0.1, -0.05) is 51.3 Å². The Morgan fingerprint density at radius 2 is 1.25 bits per heavy atom. The quantitative estimate of drug-likeness (QED) is 0.252. The summed E-state index contributed by atoms with van der Waals surface area (Å²) in [5.41, 5.74) is 2.53. The molecule has 0 aromatic heterocycles. The zero-order valence-corrected chi connectivity index (χ0v) is 28.7. The molecule has 3 aromatic rings. The van der Waals surface area contributed by atoms with Crippen LogP contribution in [0.25, 0.3) is 0 Å². The summed E-state index contributed by atoms with van der Waals surface area (Å²) in [4.78, 5) is 50.8. The molecule has 10 nitrogen and oxygen atoms in total. The van der Waals surface area contributed by atoms with Crippen LogP contribution < -0.4 is 20.9 Å². The topological polar surface area (TPSA) is 126 Å². The highest BCUT2D eigenvalue weighted by Gasteiger charge is 2.33. The average molecular weight is 711 g/mol. The van der Waals surface area contributed by atoms with E-state index in [0.29, 0.717) is 30.5 Å². The zero-order valence-electron chi connectivity index (χ0n) is 28.7. The van der Waals surface area contributed by atoms with Crippen LogP contribution in [0.4, 0.5) is 29.7 Å². The van der Waals surface area contributed by atoms with Gasteiger partial charge in [0.2, 0.25) is 11.8 Å². The van der Waals surface area contributed by atoms with Gasteiger partial charge < -0.3 is 30.3 Å². The summed E-state index contributed by atoms with van der Waals surface area (Å²) in [5, 5.41) is 8.10. The zero-order chi connectivity index (χ0) is 35.9. The minimum Gasteiger partial charge on any atom is -0.444 e. The van der Waals surface area contributed by atoms with Crippen molar-refractivity contribution in [3.8, 4) is 0 Å². The molecule has 0 saturated heterocycles. The van der Waals surface area contributed by atoms with Crippen molar-refractivity contribution in [3.05, 3.63) is 95.1 Å². The van der Waals surface area contributed by atoms with E-state index in [1.54, 1.807) is 53.7 Å². The van der Waals surface area contributed by atoms with Gasteiger partial charge in [0.1, 0.15) is 34.9 Å². The minimum atomic E-state index is -0.810. The number of rotatable bonds is 4. The first-order valence-electron chi connectivity index (χ1n) is 16.2. The molecule has 3 aromatic carbocycles. The van der Waals surface area contributed by atoms with Crippen molar-refractivity contribution in [2.45, 2.75) is 112 Å². The molecule has 0 radical (unpaired) electrons. The van der Waals surface area contributed by atoms with E-state index in [4.69, 9.17) is 9.47 Å². The molecular formula is C39H52F2N4O6. The van der Waals surface area contributed by atoms with Crippen LogP contribution in [0.2, 0.25) is 0 Å². The Morgan fingerprint density at radius 1 is 0.765 bits per heavy atom. The number of hydrogen-bond donors (Lipinski definition) is 3. The van der Waals surface area contributed by atoms with Crippen LogP contribution in [0, 0.1) is 11.6 Å². The monoisotopic (exact) mass is 710 g/mol. The number of fused-ring (bicyclic) bond motifs is 2. The Kier molecular flexibility index (Phi) is 14.7. The van der Waals surface area contributed by atoms with Crippen molar-refractivity contribution in [2.75, 3.05) is 10.2 Å². The highest BCUT2D eigenvalue weighted by atomic mass is 19.1. The van der Waals surface area contributed by atoms with E-state index in [-0.39, 0.29) is 33.2 Å². The van der Waals surface area contributed by atoms with Gasteiger partial charge in [-0.3, -0.25) is 9.59 Å². The number of carbonyl (C=O) groups excluding carboxylic acids is 4. The number of halogens is 2. The van der Waals surface area contributed by atoms with Crippen LogP contribution in [-0.2, 0) is 38.4 Å². The maximum absolute atomic E-state index is 13.6. The molecule has 12 heteroatoms. The number of carbonyl (C=O) groups is 4. The van der Waals surface area contributed by atoms with Gasteiger partial charge in [-0.2, -0.15) is 0 Å². The van der Waals surface area contributed by atoms with Crippen molar-refractivity contribution < 1.29 is 37.4 Å². The fourth-order valence-corrected chi connectivity index (χ4v) is 5.45. The number of alkyl carbamates (subject to hydrolysis) is 2. The summed E-state index contributed by atoms with van der Waals surface area (Å²) in [6, 6.07) is 16.8. The Hall–Kier alpha value is -5.00. The number of benzene rings is 3. The fourth-order valence-electron chi connectivity index (χ4n) is 5.45. The summed E-state index contributed by atoms with van der Waals surface area (Å²) in [5.74, 6) is -1.98. The highest BCUT2D eigenvalue weighted by Crippen LogP contribution is 2.29. The van der Waals surface area contributed by atoms with Gasteiger partial charge >= 0.3 is 12.2 Å². The van der Waals surface area contributed by atoms with E-state index in [1.807, 2.05) is 36.4 Å². The SMILES string of the molecule is C.C.CC(C)(C)OC(=O)NC1CCc2ccccc2N(Cc2cc(F)cc(F)c2)C1=O.CC(C)(C)OC(=O)NC1CCc2ccccc2NC1=O. The smallest absolute Gasteiger partial charge is 0.408 e. The molecule has 278 valence electrons. The summed E-state index contributed by atoms with van der Waals surface area (Å²) >= 11 is 0. The molecule has 4 amide bonds. The number of nitrogens with zero attached hydrogens (tertiary/aromatic N) is 1. The van der Waals surface area contributed by atoms with Crippen LogP contribution in [-0.4, -0.2) is 47.3 Å². The molecule has 2 aliphatic heterocycles. The van der Waals surface area contributed by atoms with E-state index in [0.717, 1.165) is 29.3 Å². The maximum atomic E-state index is 13.6. The van der Waals surface area contributed by atoms with E-state index in [9.17, 15) is 28.0 Å². The lowest BCUT2D eigenvalue weighted by Gasteiger charge is -2.27. The summed E-state index contributed by atoms with van der Waals surface area (Å²) in [6.07, 6.45) is 0.999. The number of anilines is 2. The first-order valence-corrected chi connectivity index (χ1v) is 16.2. The fraction of sp³-hybridized carbons (Fsp3) is 0.436. The third-order valence-corrected chi connectivity index (χ3v) is 7.49. The van der Waals surface area contributed by atoms with Crippen LogP contribution in [0.5, 0.6) is 0 Å². The Labute approximate surface area is 300 Å². The largest absolute Gasteiger partial charge is 0.444 e. The van der Waals surface area contributed by atoms with Crippen LogP contribution in [0.15, 0.2) is 66.7 Å². The van der Waals surface area contributed by atoms with E-state index < -0.39 is 47.1 Å². The van der Waals surface area contributed by atoms with Crippen LogP contribution >= 0.6 is 0 Å². The molecule has 51 heavy (non-hydrogen) atoms. The van der Waals surface area contributed by atoms with Crippen molar-refractivity contribution in [1.29, 1.82) is 0 Å². The third kappa shape index (κ3) is 12.7. The van der Waals surface area contributed by atoms with Gasteiger partial charge in [0.05, 0.1) is 6.54 Å². The van der Waals surface area contributed by atoms with Gasteiger partial charge in [-0.05, 0) is 108 Å². The molecule has 2 heterocycles. The Balaban J connectivity index is 0.000000362. The molecule has 0 bridgehead atoms. The van der Waals surface area contributed by atoms with Crippen molar-refractivity contribution >= 4 is 35.4 Å². The van der Waals surface area contributed by atoms with Gasteiger partial charge in [0.15, 0.2) is 0 Å². The number of para-hydroxylation sites is 2. The normalized spacial score (nSPS) is 16.8. The summed E-state index contributed by atoms with van der Waals surface area (Å²) in [6.45, 7) is 10.6. The lowest BCUT2D eigenvalue weighted by atomic mass is 10.1. The molecule has 0 saturated carbocycles. The number of nitrogens with one attached hydrogen (secondary N) is 3. The van der Waals surface area contributed by atoms with Crippen molar-refractivity contribution in [1.82, 2.24) is 10.6 Å². The van der Waals surface area contributed by atoms with E-state index >= 15 is 0 Å². The predicted octanol–water partition coefficient (Wildman–Crippen LogP) is 8.07. The highest BCUT2D eigenvalue weighted by molar-refractivity contribution is 6.00. The number of amides is 4. The maximum Gasteiger partial charge on any atom is 0.408 e. The number of hydrogen-bond acceptors (Lipinski definition) is 6. The molecular weight excluding hydrogens is 658 g/mol. The number of aryl methyl sites for hydroxylation is 2. The van der Waals surface area contributed by atoms with Gasteiger partial charge in [0.25, 0.3) is 0 Å². The van der Waals surface area contributed by atoms with E-state index in [2.05, 4.69) is 16.0 Å². The van der Waals surface area contributed by atoms with Gasteiger partial charge in [0, 0.05) is 17.4 Å². The first kappa shape index (κ1) is 42.2. The molecule has 2 aliphatic rings. The third-order valence-electron chi connectivity index (χ3n) is 7.49. The first-order chi connectivity index (χ1) is 23.0. The van der Waals surface area contributed by atoms with Crippen molar-refractivity contribution in [2.24, 2.45) is 0 Å². The second-order valence-electron chi connectivity index (χ2n) is 14.0. The average Bonchev–Trinajstić information content (AvgIpc) is 3.21. The second kappa shape index (κ2) is 17.8. The summed E-state index contributed by atoms with van der Waals surface area (Å²) in [7, 11) is 0. The molecule has 5 rings (SSSR count). The molecule has 3 N–H and O–H groups in total.